The summed E-state index contributed by atoms with van der Waals surface area (Å²) < 4.78 is 13.9. The molecule has 0 atom stereocenters. The smallest absolute Gasteiger partial charge is 0.254 e. The quantitative estimate of drug-likeness (QED) is 0.881. The Morgan fingerprint density at radius 1 is 1.53 bits per heavy atom. The molecule has 0 radical (unpaired) electrons. The SMILES string of the molecule is Cc1cc(Br)c(F)c(C(=O)NC2CC2)c1. The first-order valence-corrected chi connectivity index (χ1v) is 5.63. The van der Waals surface area contributed by atoms with Gasteiger partial charge in [0.25, 0.3) is 5.91 Å². The third kappa shape index (κ3) is 2.37. The third-order valence-corrected chi connectivity index (χ3v) is 2.91. The first-order chi connectivity index (χ1) is 7.08. The number of halogens is 2. The van der Waals surface area contributed by atoms with Gasteiger partial charge in [0.15, 0.2) is 0 Å². The van der Waals surface area contributed by atoms with Crippen molar-refractivity contribution in [3.63, 3.8) is 0 Å². The summed E-state index contributed by atoms with van der Waals surface area (Å²) in [4.78, 5) is 11.6. The van der Waals surface area contributed by atoms with Crippen LogP contribution in [0, 0.1) is 12.7 Å². The molecule has 0 aliphatic heterocycles. The molecule has 1 aromatic rings. The van der Waals surface area contributed by atoms with Crippen LogP contribution in [0.2, 0.25) is 0 Å². The van der Waals surface area contributed by atoms with E-state index in [2.05, 4.69) is 21.2 Å². The summed E-state index contributed by atoms with van der Waals surface area (Å²) in [6.45, 7) is 1.83. The van der Waals surface area contributed by atoms with Crippen LogP contribution in [-0.2, 0) is 0 Å². The van der Waals surface area contributed by atoms with Gasteiger partial charge in [-0.3, -0.25) is 4.79 Å². The van der Waals surface area contributed by atoms with Crippen LogP contribution in [0.15, 0.2) is 16.6 Å². The highest BCUT2D eigenvalue weighted by molar-refractivity contribution is 9.10. The van der Waals surface area contributed by atoms with Gasteiger partial charge in [0, 0.05) is 6.04 Å². The second-order valence-electron chi connectivity index (χ2n) is 3.86. The molecule has 1 fully saturated rings. The predicted molar refractivity (Wildman–Crippen MR) is 59.3 cm³/mol. The number of carbonyl (C=O) groups excluding carboxylic acids is 1. The summed E-state index contributed by atoms with van der Waals surface area (Å²) in [5.41, 5.74) is 0.984. The summed E-state index contributed by atoms with van der Waals surface area (Å²) >= 11 is 3.09. The summed E-state index contributed by atoms with van der Waals surface area (Å²) in [5, 5.41) is 2.77. The van der Waals surface area contributed by atoms with E-state index in [1.807, 2.05) is 6.92 Å². The van der Waals surface area contributed by atoms with Crippen LogP contribution >= 0.6 is 15.9 Å². The molecule has 1 N–H and O–H groups in total. The topological polar surface area (TPSA) is 29.1 Å². The van der Waals surface area contributed by atoms with Gasteiger partial charge in [0.1, 0.15) is 5.82 Å². The number of aryl methyl sites for hydroxylation is 1. The van der Waals surface area contributed by atoms with Gasteiger partial charge in [0.05, 0.1) is 10.0 Å². The molecule has 0 saturated heterocycles. The van der Waals surface area contributed by atoms with Crippen molar-refractivity contribution in [2.45, 2.75) is 25.8 Å². The van der Waals surface area contributed by atoms with Crippen molar-refractivity contribution in [3.8, 4) is 0 Å². The lowest BCUT2D eigenvalue weighted by molar-refractivity contribution is 0.0947. The van der Waals surface area contributed by atoms with Gasteiger partial charge in [-0.05, 0) is 53.4 Å². The van der Waals surface area contributed by atoms with E-state index in [1.54, 1.807) is 12.1 Å². The Kier molecular flexibility index (Phi) is 2.78. The first kappa shape index (κ1) is 10.6. The van der Waals surface area contributed by atoms with Crippen LogP contribution < -0.4 is 5.32 Å². The van der Waals surface area contributed by atoms with Gasteiger partial charge < -0.3 is 5.32 Å². The van der Waals surface area contributed by atoms with Crippen LogP contribution in [0.3, 0.4) is 0 Å². The standard InChI is InChI=1S/C11H11BrFNO/c1-6-4-8(10(13)9(12)5-6)11(15)14-7-2-3-7/h4-5,7H,2-3H2,1H3,(H,14,15). The van der Waals surface area contributed by atoms with Crippen LogP contribution in [0.25, 0.3) is 0 Å². The minimum Gasteiger partial charge on any atom is -0.349 e. The van der Waals surface area contributed by atoms with Gasteiger partial charge in [-0.15, -0.1) is 0 Å². The van der Waals surface area contributed by atoms with Gasteiger partial charge in [0.2, 0.25) is 0 Å². The van der Waals surface area contributed by atoms with Crippen molar-refractivity contribution >= 4 is 21.8 Å². The molecule has 1 aliphatic carbocycles. The third-order valence-electron chi connectivity index (χ3n) is 2.33. The van der Waals surface area contributed by atoms with Gasteiger partial charge >= 0.3 is 0 Å². The Balaban J connectivity index is 2.28. The molecule has 4 heteroatoms. The highest BCUT2D eigenvalue weighted by Crippen LogP contribution is 2.23. The summed E-state index contributed by atoms with van der Waals surface area (Å²) in [7, 11) is 0. The summed E-state index contributed by atoms with van der Waals surface area (Å²) in [6, 6.07) is 3.47. The van der Waals surface area contributed by atoms with Crippen molar-refractivity contribution in [3.05, 3.63) is 33.5 Å². The van der Waals surface area contributed by atoms with Crippen LogP contribution in [0.5, 0.6) is 0 Å². The van der Waals surface area contributed by atoms with E-state index in [-0.39, 0.29) is 17.5 Å². The van der Waals surface area contributed by atoms with E-state index in [0.717, 1.165) is 18.4 Å². The summed E-state index contributed by atoms with van der Waals surface area (Å²) in [6.07, 6.45) is 2.00. The zero-order valence-corrected chi connectivity index (χ0v) is 9.90. The maximum atomic E-state index is 13.6. The van der Waals surface area contributed by atoms with Crippen molar-refractivity contribution in [1.82, 2.24) is 5.32 Å². The molecule has 1 amide bonds. The van der Waals surface area contributed by atoms with Crippen LogP contribution in [0.1, 0.15) is 28.8 Å². The Hall–Kier alpha value is -0.900. The fourth-order valence-corrected chi connectivity index (χ4v) is 1.96. The fraction of sp³-hybridized carbons (Fsp3) is 0.364. The van der Waals surface area contributed by atoms with Gasteiger partial charge in [-0.25, -0.2) is 4.39 Å². The molecule has 15 heavy (non-hydrogen) atoms. The van der Waals surface area contributed by atoms with Crippen LogP contribution in [0.4, 0.5) is 4.39 Å². The molecule has 0 aromatic heterocycles. The maximum Gasteiger partial charge on any atom is 0.254 e. The molecule has 1 aromatic carbocycles. The number of rotatable bonds is 2. The van der Waals surface area contributed by atoms with Crippen molar-refractivity contribution in [2.75, 3.05) is 0 Å². The van der Waals surface area contributed by atoms with Gasteiger partial charge in [-0.1, -0.05) is 0 Å². The van der Waals surface area contributed by atoms with Crippen molar-refractivity contribution < 1.29 is 9.18 Å². The molecular weight excluding hydrogens is 261 g/mol. The number of amides is 1. The normalized spacial score (nSPS) is 15.1. The average molecular weight is 272 g/mol. The minimum atomic E-state index is -0.487. The lowest BCUT2D eigenvalue weighted by Gasteiger charge is -2.07. The Morgan fingerprint density at radius 3 is 2.80 bits per heavy atom. The molecule has 0 bridgehead atoms. The maximum absolute atomic E-state index is 13.6. The van der Waals surface area contributed by atoms with Crippen molar-refractivity contribution in [2.24, 2.45) is 0 Å². The molecular formula is C11H11BrFNO. The molecule has 2 nitrogen and oxygen atoms in total. The van der Waals surface area contributed by atoms with Crippen molar-refractivity contribution in [1.29, 1.82) is 0 Å². The number of benzene rings is 1. The minimum absolute atomic E-state index is 0.119. The second-order valence-corrected chi connectivity index (χ2v) is 4.71. The van der Waals surface area contributed by atoms with E-state index in [0.29, 0.717) is 4.47 Å². The molecule has 2 rings (SSSR count). The fourth-order valence-electron chi connectivity index (χ4n) is 1.38. The average Bonchev–Trinajstić information content (AvgIpc) is 2.94. The highest BCUT2D eigenvalue weighted by atomic mass is 79.9. The highest BCUT2D eigenvalue weighted by Gasteiger charge is 2.25. The Labute approximate surface area is 96.0 Å². The lowest BCUT2D eigenvalue weighted by Crippen LogP contribution is -2.26. The van der Waals surface area contributed by atoms with E-state index in [1.165, 1.54) is 0 Å². The largest absolute Gasteiger partial charge is 0.349 e. The first-order valence-electron chi connectivity index (χ1n) is 4.84. The van der Waals surface area contributed by atoms with Gasteiger partial charge in [-0.2, -0.15) is 0 Å². The Bertz CT molecular complexity index is 415. The van der Waals surface area contributed by atoms with E-state index in [9.17, 15) is 9.18 Å². The lowest BCUT2D eigenvalue weighted by atomic mass is 10.1. The van der Waals surface area contributed by atoms with E-state index in [4.69, 9.17) is 0 Å². The molecule has 0 heterocycles. The zero-order valence-electron chi connectivity index (χ0n) is 8.31. The monoisotopic (exact) mass is 271 g/mol. The van der Waals surface area contributed by atoms with Crippen LogP contribution in [-0.4, -0.2) is 11.9 Å². The number of nitrogens with one attached hydrogen (secondary N) is 1. The second kappa shape index (κ2) is 3.93. The zero-order chi connectivity index (χ0) is 11.0. The van der Waals surface area contributed by atoms with E-state index >= 15 is 0 Å². The predicted octanol–water partition coefficient (Wildman–Crippen LogP) is 2.79. The van der Waals surface area contributed by atoms with E-state index < -0.39 is 5.82 Å². The Morgan fingerprint density at radius 2 is 2.20 bits per heavy atom. The molecule has 1 aliphatic rings. The molecule has 0 unspecified atom stereocenters. The number of hydrogen-bond donors (Lipinski definition) is 1. The molecule has 80 valence electrons. The summed E-state index contributed by atoms with van der Waals surface area (Å²) in [5.74, 6) is -0.807. The molecule has 1 saturated carbocycles. The number of hydrogen-bond acceptors (Lipinski definition) is 1. The number of carbonyl (C=O) groups is 1. The molecule has 0 spiro atoms.